The molecule has 8 heteroatoms. The van der Waals surface area contributed by atoms with E-state index in [1.165, 1.54) is 0 Å². The summed E-state index contributed by atoms with van der Waals surface area (Å²) in [5.41, 5.74) is 6.81. The summed E-state index contributed by atoms with van der Waals surface area (Å²) in [4.78, 5) is 27.0. The van der Waals surface area contributed by atoms with E-state index in [1.807, 2.05) is 0 Å². The smallest absolute Gasteiger partial charge is 0.326 e. The third-order valence-electron chi connectivity index (χ3n) is 3.01. The van der Waals surface area contributed by atoms with Crippen LogP contribution in [0.15, 0.2) is 28.8 Å². The van der Waals surface area contributed by atoms with Crippen molar-refractivity contribution >= 4 is 17.6 Å². The second-order valence-corrected chi connectivity index (χ2v) is 5.08. The Labute approximate surface area is 126 Å². The Morgan fingerprint density at radius 1 is 1.27 bits per heavy atom. The molecule has 2 aromatic rings. The molecule has 0 bridgehead atoms. The minimum Gasteiger partial charge on any atom is -0.480 e. The van der Waals surface area contributed by atoms with Crippen LogP contribution >= 0.6 is 0 Å². The first-order chi connectivity index (χ1) is 10.4. The summed E-state index contributed by atoms with van der Waals surface area (Å²) in [6.07, 6.45) is 0. The van der Waals surface area contributed by atoms with Gasteiger partial charge in [-0.15, -0.1) is 0 Å². The molecule has 1 aromatic carbocycles. The van der Waals surface area contributed by atoms with Gasteiger partial charge in [0, 0.05) is 11.3 Å². The molecule has 116 valence electrons. The molecule has 0 aliphatic carbocycles. The number of aromatic nitrogens is 2. The molecule has 0 aliphatic heterocycles. The number of carboxylic acids is 1. The second-order valence-electron chi connectivity index (χ2n) is 5.08. The second kappa shape index (κ2) is 6.25. The van der Waals surface area contributed by atoms with Gasteiger partial charge < -0.3 is 20.7 Å². The summed E-state index contributed by atoms with van der Waals surface area (Å²) in [7, 11) is 0. The van der Waals surface area contributed by atoms with Crippen molar-refractivity contribution in [2.24, 2.45) is 5.92 Å². The number of carboxylic acid groups (broad SMARTS) is 1. The predicted octanol–water partition coefficient (Wildman–Crippen LogP) is 1.16. The first kappa shape index (κ1) is 15.5. The maximum absolute atomic E-state index is 12.0. The number of carbonyl (C=O) groups is 2. The van der Waals surface area contributed by atoms with E-state index >= 15 is 0 Å². The van der Waals surface area contributed by atoms with E-state index in [0.29, 0.717) is 11.3 Å². The number of benzene rings is 1. The Bertz CT molecular complexity index is 678. The summed E-state index contributed by atoms with van der Waals surface area (Å²) in [6, 6.07) is 5.70. The molecule has 1 heterocycles. The Kier molecular flexibility index (Phi) is 4.40. The minimum absolute atomic E-state index is 0.224. The number of hydrogen-bond acceptors (Lipinski definition) is 6. The van der Waals surface area contributed by atoms with Crippen LogP contribution in [-0.4, -0.2) is 33.2 Å². The number of nitrogens with zero attached hydrogens (tertiary/aromatic N) is 2. The molecule has 4 N–H and O–H groups in total. The van der Waals surface area contributed by atoms with E-state index in [4.69, 9.17) is 15.4 Å². The van der Waals surface area contributed by atoms with Crippen molar-refractivity contribution in [1.82, 2.24) is 15.5 Å². The first-order valence-corrected chi connectivity index (χ1v) is 6.61. The van der Waals surface area contributed by atoms with Gasteiger partial charge in [-0.2, -0.15) is 4.98 Å². The van der Waals surface area contributed by atoms with Gasteiger partial charge in [-0.3, -0.25) is 4.79 Å². The largest absolute Gasteiger partial charge is 0.480 e. The normalized spacial score (nSPS) is 12.1. The lowest BCUT2D eigenvalue weighted by Crippen LogP contribution is -2.44. The highest BCUT2D eigenvalue weighted by Crippen LogP contribution is 2.17. The molecular weight excluding hydrogens is 288 g/mol. The fourth-order valence-corrected chi connectivity index (χ4v) is 1.78. The van der Waals surface area contributed by atoms with Gasteiger partial charge in [-0.25, -0.2) is 4.79 Å². The average Bonchev–Trinajstić information content (AvgIpc) is 2.94. The van der Waals surface area contributed by atoms with Crippen molar-refractivity contribution in [3.05, 3.63) is 30.2 Å². The van der Waals surface area contributed by atoms with Gasteiger partial charge in [0.1, 0.15) is 6.04 Å². The highest BCUT2D eigenvalue weighted by molar-refractivity contribution is 5.93. The molecule has 0 saturated carbocycles. The topological polar surface area (TPSA) is 131 Å². The number of rotatable bonds is 5. The van der Waals surface area contributed by atoms with Crippen LogP contribution in [0.25, 0.3) is 11.4 Å². The maximum Gasteiger partial charge on any atom is 0.326 e. The van der Waals surface area contributed by atoms with E-state index < -0.39 is 17.9 Å². The van der Waals surface area contributed by atoms with Gasteiger partial charge in [0.2, 0.25) is 5.82 Å². The van der Waals surface area contributed by atoms with E-state index in [2.05, 4.69) is 15.5 Å². The zero-order valence-electron chi connectivity index (χ0n) is 12.1. The van der Waals surface area contributed by atoms with Crippen LogP contribution < -0.4 is 11.1 Å². The van der Waals surface area contributed by atoms with Crippen molar-refractivity contribution in [2.45, 2.75) is 19.9 Å². The molecule has 1 unspecified atom stereocenters. The van der Waals surface area contributed by atoms with Crippen LogP contribution in [0.5, 0.6) is 0 Å². The van der Waals surface area contributed by atoms with Gasteiger partial charge in [-0.1, -0.05) is 19.0 Å². The molecule has 1 amide bonds. The van der Waals surface area contributed by atoms with Crippen LogP contribution in [0, 0.1) is 5.92 Å². The fourth-order valence-electron chi connectivity index (χ4n) is 1.78. The summed E-state index contributed by atoms with van der Waals surface area (Å²) < 4.78 is 4.87. The van der Waals surface area contributed by atoms with Crippen LogP contribution in [0.4, 0.5) is 5.69 Å². The summed E-state index contributed by atoms with van der Waals surface area (Å²) >= 11 is 0. The third-order valence-corrected chi connectivity index (χ3v) is 3.01. The van der Waals surface area contributed by atoms with Crippen LogP contribution in [0.2, 0.25) is 0 Å². The van der Waals surface area contributed by atoms with E-state index in [0.717, 1.165) is 0 Å². The van der Waals surface area contributed by atoms with Crippen LogP contribution in [0.3, 0.4) is 0 Å². The van der Waals surface area contributed by atoms with E-state index in [9.17, 15) is 9.59 Å². The molecule has 0 saturated heterocycles. The van der Waals surface area contributed by atoms with Crippen LogP contribution in [0.1, 0.15) is 24.5 Å². The minimum atomic E-state index is -1.12. The number of amides is 1. The average molecular weight is 304 g/mol. The first-order valence-electron chi connectivity index (χ1n) is 6.61. The van der Waals surface area contributed by atoms with Crippen molar-refractivity contribution in [3.8, 4) is 11.4 Å². The Morgan fingerprint density at radius 3 is 2.45 bits per heavy atom. The number of aliphatic carboxylic acids is 1. The molecule has 0 aliphatic rings. The van der Waals surface area contributed by atoms with E-state index in [-0.39, 0.29) is 17.6 Å². The van der Waals surface area contributed by atoms with Crippen molar-refractivity contribution < 1.29 is 19.2 Å². The summed E-state index contributed by atoms with van der Waals surface area (Å²) in [6.45, 7) is 3.37. The molecule has 22 heavy (non-hydrogen) atoms. The number of carbonyl (C=O) groups excluding carboxylic acids is 1. The number of nitrogens with two attached hydrogens (primary N) is 1. The third kappa shape index (κ3) is 3.40. The van der Waals surface area contributed by atoms with Gasteiger partial charge >= 0.3 is 17.8 Å². The van der Waals surface area contributed by atoms with Gasteiger partial charge in [-0.05, 0) is 30.2 Å². The van der Waals surface area contributed by atoms with Gasteiger partial charge in [0.25, 0.3) is 0 Å². The Morgan fingerprint density at radius 2 is 1.91 bits per heavy atom. The van der Waals surface area contributed by atoms with Crippen molar-refractivity contribution in [3.63, 3.8) is 0 Å². The number of nitrogens with one attached hydrogen (secondary N) is 1. The lowest BCUT2D eigenvalue weighted by Gasteiger charge is -2.16. The fraction of sp³-hybridized carbons (Fsp3) is 0.286. The van der Waals surface area contributed by atoms with Gasteiger partial charge in [0.15, 0.2) is 0 Å². The lowest BCUT2D eigenvalue weighted by molar-refractivity contribution is -0.140. The molecule has 1 aromatic heterocycles. The number of nitrogen functional groups attached to an aromatic ring is 1. The molecule has 0 spiro atoms. The highest BCUT2D eigenvalue weighted by Gasteiger charge is 2.26. The number of hydrogen-bond donors (Lipinski definition) is 3. The summed E-state index contributed by atoms with van der Waals surface area (Å²) in [5.74, 6) is -2.20. The lowest BCUT2D eigenvalue weighted by atomic mass is 10.1. The van der Waals surface area contributed by atoms with E-state index in [1.54, 1.807) is 38.1 Å². The predicted molar refractivity (Wildman–Crippen MR) is 77.9 cm³/mol. The molecular formula is C14H16N4O4. The molecule has 0 fully saturated rings. The van der Waals surface area contributed by atoms with Crippen molar-refractivity contribution in [1.29, 1.82) is 0 Å². The molecule has 1 atom stereocenters. The zero-order chi connectivity index (χ0) is 16.3. The highest BCUT2D eigenvalue weighted by atomic mass is 16.5. The molecule has 2 rings (SSSR count). The SMILES string of the molecule is CC(C)C(NC(=O)c1nc(-c2ccc(N)cc2)no1)C(=O)O. The Balaban J connectivity index is 2.15. The van der Waals surface area contributed by atoms with Crippen LogP contribution in [-0.2, 0) is 4.79 Å². The monoisotopic (exact) mass is 304 g/mol. The molecule has 8 nitrogen and oxygen atoms in total. The van der Waals surface area contributed by atoms with Crippen molar-refractivity contribution in [2.75, 3.05) is 5.73 Å². The zero-order valence-corrected chi connectivity index (χ0v) is 12.1. The quantitative estimate of drug-likeness (QED) is 0.706. The standard InChI is InChI=1S/C14H16N4O4/c1-7(2)10(14(20)21)16-12(19)13-17-11(18-22-13)8-3-5-9(15)6-4-8/h3-7,10H,15H2,1-2H3,(H,16,19)(H,20,21). The maximum atomic E-state index is 12.0. The van der Waals surface area contributed by atoms with Gasteiger partial charge in [0.05, 0.1) is 0 Å². The summed E-state index contributed by atoms with van der Waals surface area (Å²) in [5, 5.41) is 15.1. The number of anilines is 1. The Hall–Kier alpha value is -2.90. The molecule has 0 radical (unpaired) electrons.